The van der Waals surface area contributed by atoms with Crippen molar-refractivity contribution in [2.45, 2.75) is 32.8 Å². The number of aromatic nitrogens is 1. The predicted octanol–water partition coefficient (Wildman–Crippen LogP) is 3.81. The average Bonchev–Trinajstić information content (AvgIpc) is 2.20. The van der Waals surface area contributed by atoms with Gasteiger partial charge in [-0.05, 0) is 33.3 Å². The molecule has 0 aliphatic carbocycles. The minimum absolute atomic E-state index is 0.400. The highest BCUT2D eigenvalue weighted by Gasteiger charge is 2.18. The van der Waals surface area contributed by atoms with Gasteiger partial charge in [0, 0.05) is 16.8 Å². The van der Waals surface area contributed by atoms with Crippen molar-refractivity contribution >= 4 is 23.5 Å². The molecule has 1 heterocycles. The fourth-order valence-electron chi connectivity index (χ4n) is 1.32. The van der Waals surface area contributed by atoms with E-state index in [0.717, 1.165) is 5.56 Å². The molecule has 0 aliphatic heterocycles. The number of anilines is 1. The lowest BCUT2D eigenvalue weighted by Gasteiger charge is -2.20. The molecule has 0 radical (unpaired) electrons. The fourth-order valence-corrected chi connectivity index (χ4v) is 1.54. The molecule has 98 valence electrons. The van der Waals surface area contributed by atoms with Gasteiger partial charge in [0.1, 0.15) is 11.4 Å². The number of carbonyl (C=O) groups excluding carboxylic acids is 1. The number of halogens is 1. The molecule has 0 atom stereocenters. The van der Waals surface area contributed by atoms with Crippen LogP contribution in [0, 0.1) is 0 Å². The second kappa shape index (κ2) is 5.87. The summed E-state index contributed by atoms with van der Waals surface area (Å²) in [6.07, 6.45) is 3.20. The monoisotopic (exact) mass is 268 g/mol. The van der Waals surface area contributed by atoms with Crippen molar-refractivity contribution in [1.29, 1.82) is 0 Å². The third-order valence-electron chi connectivity index (χ3n) is 1.97. The van der Waals surface area contributed by atoms with Crippen molar-refractivity contribution in [2.75, 3.05) is 5.32 Å². The second-order valence-corrected chi connectivity index (χ2v) is 5.15. The number of pyridine rings is 1. The second-order valence-electron chi connectivity index (χ2n) is 4.74. The van der Waals surface area contributed by atoms with Gasteiger partial charge in [-0.15, -0.1) is 6.58 Å². The van der Waals surface area contributed by atoms with Gasteiger partial charge in [-0.1, -0.05) is 17.7 Å². The van der Waals surface area contributed by atoms with Gasteiger partial charge < -0.3 is 4.74 Å². The summed E-state index contributed by atoms with van der Waals surface area (Å²) in [4.78, 5) is 15.7. The molecule has 1 N–H and O–H groups in total. The third kappa shape index (κ3) is 4.37. The number of nitrogens with one attached hydrogen (secondary N) is 1. The van der Waals surface area contributed by atoms with Crippen LogP contribution < -0.4 is 5.32 Å². The summed E-state index contributed by atoms with van der Waals surface area (Å²) in [6, 6.07) is 1.67. The minimum Gasteiger partial charge on any atom is -0.444 e. The van der Waals surface area contributed by atoms with Gasteiger partial charge in [-0.3, -0.25) is 5.32 Å². The molecule has 0 aromatic carbocycles. The number of carbonyl (C=O) groups is 1. The number of nitrogens with zero attached hydrogens (tertiary/aromatic N) is 1. The van der Waals surface area contributed by atoms with Crippen molar-refractivity contribution in [3.63, 3.8) is 0 Å². The normalized spacial score (nSPS) is 10.9. The largest absolute Gasteiger partial charge is 0.444 e. The van der Waals surface area contributed by atoms with Crippen molar-refractivity contribution in [1.82, 2.24) is 4.98 Å². The van der Waals surface area contributed by atoms with Crippen LogP contribution in [-0.2, 0) is 11.2 Å². The van der Waals surface area contributed by atoms with E-state index in [2.05, 4.69) is 16.9 Å². The fraction of sp³-hybridized carbons (Fsp3) is 0.385. The molecule has 1 amide bonds. The van der Waals surface area contributed by atoms with Crippen LogP contribution in [0.4, 0.5) is 10.6 Å². The Labute approximate surface area is 112 Å². The molecule has 0 fully saturated rings. The van der Waals surface area contributed by atoms with Crippen molar-refractivity contribution in [2.24, 2.45) is 0 Å². The van der Waals surface area contributed by atoms with Gasteiger partial charge in [0.25, 0.3) is 0 Å². The van der Waals surface area contributed by atoms with E-state index in [0.29, 0.717) is 17.3 Å². The van der Waals surface area contributed by atoms with E-state index in [9.17, 15) is 4.79 Å². The topological polar surface area (TPSA) is 51.2 Å². The van der Waals surface area contributed by atoms with Crippen molar-refractivity contribution in [3.8, 4) is 0 Å². The molecule has 1 aromatic rings. The summed E-state index contributed by atoms with van der Waals surface area (Å²) in [5.41, 5.74) is 0.168. The molecule has 0 saturated carbocycles. The Hall–Kier alpha value is -1.55. The van der Waals surface area contributed by atoms with Crippen LogP contribution in [0.3, 0.4) is 0 Å². The maximum Gasteiger partial charge on any atom is 0.413 e. The highest BCUT2D eigenvalue weighted by Crippen LogP contribution is 2.23. The molecule has 5 heteroatoms. The van der Waals surface area contributed by atoms with Gasteiger partial charge in [0.15, 0.2) is 0 Å². The zero-order valence-corrected chi connectivity index (χ0v) is 11.5. The molecule has 0 bridgehead atoms. The quantitative estimate of drug-likeness (QED) is 0.848. The Balaban J connectivity index is 2.87. The van der Waals surface area contributed by atoms with Crippen LogP contribution in [0.1, 0.15) is 26.3 Å². The molecule has 18 heavy (non-hydrogen) atoms. The highest BCUT2D eigenvalue weighted by molar-refractivity contribution is 6.31. The molecule has 1 rings (SSSR count). The van der Waals surface area contributed by atoms with E-state index < -0.39 is 11.7 Å². The molecule has 0 saturated heterocycles. The van der Waals surface area contributed by atoms with E-state index in [1.807, 2.05) is 0 Å². The Morgan fingerprint density at radius 2 is 2.28 bits per heavy atom. The van der Waals surface area contributed by atoms with Crippen LogP contribution in [0.25, 0.3) is 0 Å². The smallest absolute Gasteiger partial charge is 0.413 e. The first-order chi connectivity index (χ1) is 8.33. The lowest BCUT2D eigenvalue weighted by molar-refractivity contribution is 0.0635. The lowest BCUT2D eigenvalue weighted by atomic mass is 10.2. The van der Waals surface area contributed by atoms with Crippen LogP contribution >= 0.6 is 11.6 Å². The molecular weight excluding hydrogens is 252 g/mol. The summed E-state index contributed by atoms with van der Waals surface area (Å²) < 4.78 is 5.16. The van der Waals surface area contributed by atoms with Crippen molar-refractivity contribution < 1.29 is 9.53 Å². The van der Waals surface area contributed by atoms with Gasteiger partial charge in [0.05, 0.1) is 0 Å². The maximum atomic E-state index is 11.7. The number of hydrogen-bond donors (Lipinski definition) is 1. The number of allylic oxidation sites excluding steroid dienone is 1. The number of rotatable bonds is 3. The van der Waals surface area contributed by atoms with Gasteiger partial charge in [0.2, 0.25) is 0 Å². The summed E-state index contributed by atoms with van der Waals surface area (Å²) in [5, 5.41) is 3.13. The first-order valence-corrected chi connectivity index (χ1v) is 5.95. The number of amides is 1. The summed E-state index contributed by atoms with van der Waals surface area (Å²) in [7, 11) is 0. The van der Waals surface area contributed by atoms with E-state index in [1.165, 1.54) is 6.20 Å². The summed E-state index contributed by atoms with van der Waals surface area (Å²) in [5.74, 6) is 0.400. The lowest BCUT2D eigenvalue weighted by Crippen LogP contribution is -2.27. The van der Waals surface area contributed by atoms with E-state index in [-0.39, 0.29) is 0 Å². The third-order valence-corrected chi connectivity index (χ3v) is 2.32. The van der Waals surface area contributed by atoms with Gasteiger partial charge >= 0.3 is 6.09 Å². The number of hydrogen-bond acceptors (Lipinski definition) is 3. The average molecular weight is 269 g/mol. The Morgan fingerprint density at radius 3 is 2.83 bits per heavy atom. The Bertz CT molecular complexity index is 453. The Kier molecular flexibility index (Phi) is 4.73. The molecule has 1 aromatic heterocycles. The zero-order chi connectivity index (χ0) is 13.8. The molecule has 4 nitrogen and oxygen atoms in total. The van der Waals surface area contributed by atoms with E-state index >= 15 is 0 Å². The minimum atomic E-state index is -0.554. The van der Waals surface area contributed by atoms with Gasteiger partial charge in [-0.2, -0.15) is 0 Å². The molecular formula is C13H17ClN2O2. The standard InChI is InChI=1S/C13H17ClN2O2/c1-5-6-9-10(14)7-8-15-11(9)16-12(17)18-13(2,3)4/h5,7-8H,1,6H2,2-4H3,(H,15,16,17). The zero-order valence-electron chi connectivity index (χ0n) is 10.8. The van der Waals surface area contributed by atoms with Crippen LogP contribution in [0.15, 0.2) is 24.9 Å². The van der Waals surface area contributed by atoms with E-state index in [1.54, 1.807) is 32.9 Å². The van der Waals surface area contributed by atoms with E-state index in [4.69, 9.17) is 16.3 Å². The molecule has 0 spiro atoms. The molecule has 0 unspecified atom stereocenters. The van der Waals surface area contributed by atoms with Crippen LogP contribution in [-0.4, -0.2) is 16.7 Å². The SMILES string of the molecule is C=CCc1c(Cl)ccnc1NC(=O)OC(C)(C)C. The van der Waals surface area contributed by atoms with Crippen LogP contribution in [0.2, 0.25) is 5.02 Å². The van der Waals surface area contributed by atoms with Gasteiger partial charge in [-0.25, -0.2) is 9.78 Å². The highest BCUT2D eigenvalue weighted by atomic mass is 35.5. The van der Waals surface area contributed by atoms with Crippen LogP contribution in [0.5, 0.6) is 0 Å². The predicted molar refractivity (Wildman–Crippen MR) is 73.0 cm³/mol. The first-order valence-electron chi connectivity index (χ1n) is 5.58. The number of ether oxygens (including phenoxy) is 1. The Morgan fingerprint density at radius 1 is 1.61 bits per heavy atom. The summed E-state index contributed by atoms with van der Waals surface area (Å²) in [6.45, 7) is 9.03. The maximum absolute atomic E-state index is 11.7. The first kappa shape index (κ1) is 14.5. The molecule has 0 aliphatic rings. The van der Waals surface area contributed by atoms with Crippen molar-refractivity contribution in [3.05, 3.63) is 35.5 Å². The summed E-state index contributed by atoms with van der Waals surface area (Å²) >= 11 is 6.04.